The summed E-state index contributed by atoms with van der Waals surface area (Å²) in [5.74, 6) is -1.53. The average Bonchev–Trinajstić information content (AvgIpc) is 3.04. The largest absolute Gasteiger partial charge is 0.481 e. The molecule has 136 valence electrons. The summed E-state index contributed by atoms with van der Waals surface area (Å²) in [6.45, 7) is -0.215. The van der Waals surface area contributed by atoms with Gasteiger partial charge in [-0.25, -0.2) is 4.79 Å². The minimum atomic E-state index is -4.77. The summed E-state index contributed by atoms with van der Waals surface area (Å²) >= 11 is 0. The van der Waals surface area contributed by atoms with Crippen LogP contribution in [0, 0.1) is 5.41 Å². The fourth-order valence-corrected chi connectivity index (χ4v) is 3.55. The van der Waals surface area contributed by atoms with Crippen LogP contribution in [0.1, 0.15) is 18.4 Å². The molecule has 2 N–H and O–H groups in total. The Bertz CT molecular complexity index is 670. The lowest BCUT2D eigenvalue weighted by Gasteiger charge is -2.42. The van der Waals surface area contributed by atoms with E-state index in [4.69, 9.17) is 14.6 Å². The maximum atomic E-state index is 13.0. The van der Waals surface area contributed by atoms with Gasteiger partial charge in [0.2, 0.25) is 0 Å². The predicted octanol–water partition coefficient (Wildman–Crippen LogP) is 2.48. The summed E-state index contributed by atoms with van der Waals surface area (Å²) in [5.41, 5.74) is -2.52. The van der Waals surface area contributed by atoms with Gasteiger partial charge in [0.25, 0.3) is 0 Å². The SMILES string of the molecule is O=C(NCC12CC(C(=O)O)(C1)C(C(F)(F)F)O2)OCc1ccccc1. The number of amides is 1. The molecule has 25 heavy (non-hydrogen) atoms. The highest BCUT2D eigenvalue weighted by atomic mass is 19.4. The number of alkyl carbamates (subject to hydrolysis) is 1. The van der Waals surface area contributed by atoms with Gasteiger partial charge in [-0.1, -0.05) is 30.3 Å². The van der Waals surface area contributed by atoms with Crippen LogP contribution < -0.4 is 5.32 Å². The quantitative estimate of drug-likeness (QED) is 0.844. The Balaban J connectivity index is 1.54. The van der Waals surface area contributed by atoms with E-state index in [0.717, 1.165) is 5.56 Å². The standard InChI is InChI=1S/C16H16F3NO5/c17-16(18,19)11-15(12(21)22)7-14(8-15,25-11)9-20-13(23)24-6-10-4-2-1-3-5-10/h1-5,11H,6-9H2,(H,20,23)(H,21,22). The summed E-state index contributed by atoms with van der Waals surface area (Å²) in [7, 11) is 0. The monoisotopic (exact) mass is 359 g/mol. The molecule has 2 saturated heterocycles. The molecule has 6 nitrogen and oxygen atoms in total. The summed E-state index contributed by atoms with van der Waals surface area (Å²) in [5, 5.41) is 11.5. The van der Waals surface area contributed by atoms with Crippen LogP contribution in [0.3, 0.4) is 0 Å². The average molecular weight is 359 g/mol. The lowest BCUT2D eigenvalue weighted by atomic mass is 9.60. The molecular formula is C16H16F3NO5. The topological polar surface area (TPSA) is 84.9 Å². The highest BCUT2D eigenvalue weighted by Gasteiger charge is 2.77. The van der Waals surface area contributed by atoms with Crippen molar-refractivity contribution in [3.05, 3.63) is 35.9 Å². The zero-order valence-corrected chi connectivity index (χ0v) is 13.0. The Morgan fingerprint density at radius 1 is 1.28 bits per heavy atom. The van der Waals surface area contributed by atoms with E-state index in [0.29, 0.717) is 0 Å². The van der Waals surface area contributed by atoms with Crippen LogP contribution >= 0.6 is 0 Å². The van der Waals surface area contributed by atoms with Gasteiger partial charge in [-0.2, -0.15) is 13.2 Å². The predicted molar refractivity (Wildman–Crippen MR) is 77.6 cm³/mol. The van der Waals surface area contributed by atoms with Crippen LogP contribution in [0.4, 0.5) is 18.0 Å². The molecule has 1 atom stereocenters. The number of rotatable bonds is 5. The maximum absolute atomic E-state index is 13.0. The Labute approximate surface area is 140 Å². The van der Waals surface area contributed by atoms with E-state index in [1.165, 1.54) is 0 Å². The number of alkyl halides is 3. The second-order valence-electron chi connectivity index (χ2n) is 6.45. The van der Waals surface area contributed by atoms with Crippen molar-refractivity contribution in [2.75, 3.05) is 6.54 Å². The molecule has 0 radical (unpaired) electrons. The van der Waals surface area contributed by atoms with E-state index < -0.39 is 35.4 Å². The number of halogens is 3. The van der Waals surface area contributed by atoms with Gasteiger partial charge in [0, 0.05) is 0 Å². The molecule has 1 amide bonds. The number of hydrogen-bond donors (Lipinski definition) is 2. The first-order valence-corrected chi connectivity index (χ1v) is 7.59. The highest BCUT2D eigenvalue weighted by molar-refractivity contribution is 5.79. The van der Waals surface area contributed by atoms with E-state index in [1.54, 1.807) is 24.3 Å². The number of fused-ring (bicyclic) bond motifs is 1. The third-order valence-electron chi connectivity index (χ3n) is 4.64. The van der Waals surface area contributed by atoms with Gasteiger partial charge in [-0.05, 0) is 18.4 Å². The van der Waals surface area contributed by atoms with Crippen molar-refractivity contribution in [2.24, 2.45) is 5.41 Å². The number of carbonyl (C=O) groups excluding carboxylic acids is 1. The Kier molecular flexibility index (Phi) is 4.14. The van der Waals surface area contributed by atoms with Gasteiger partial charge >= 0.3 is 18.2 Å². The lowest BCUT2D eigenvalue weighted by molar-refractivity contribution is -0.226. The molecule has 4 rings (SSSR count). The second kappa shape index (κ2) is 5.91. The molecule has 0 spiro atoms. The normalized spacial score (nSPS) is 30.4. The van der Waals surface area contributed by atoms with Gasteiger partial charge in [0.05, 0.1) is 12.1 Å². The number of benzene rings is 1. The zero-order valence-electron chi connectivity index (χ0n) is 13.0. The molecule has 1 saturated carbocycles. The minimum Gasteiger partial charge on any atom is -0.481 e. The van der Waals surface area contributed by atoms with Gasteiger partial charge < -0.3 is 19.9 Å². The first-order valence-electron chi connectivity index (χ1n) is 7.59. The number of carboxylic acid groups (broad SMARTS) is 1. The van der Waals surface area contributed by atoms with Crippen LogP contribution in [-0.2, 0) is 20.9 Å². The number of carbonyl (C=O) groups is 2. The van der Waals surface area contributed by atoms with Crippen LogP contribution in [0.5, 0.6) is 0 Å². The smallest absolute Gasteiger partial charge is 0.415 e. The third kappa shape index (κ3) is 3.15. The van der Waals surface area contributed by atoms with Gasteiger partial charge in [0.15, 0.2) is 6.10 Å². The van der Waals surface area contributed by atoms with E-state index in [1.807, 2.05) is 6.07 Å². The molecule has 1 aromatic rings. The van der Waals surface area contributed by atoms with Crippen LogP contribution in [-0.4, -0.2) is 41.6 Å². The highest BCUT2D eigenvalue weighted by Crippen LogP contribution is 2.64. The van der Waals surface area contributed by atoms with Crippen molar-refractivity contribution in [1.29, 1.82) is 0 Å². The third-order valence-corrected chi connectivity index (χ3v) is 4.64. The summed E-state index contributed by atoms with van der Waals surface area (Å²) in [4.78, 5) is 23.0. The van der Waals surface area contributed by atoms with E-state index in [-0.39, 0.29) is 26.0 Å². The van der Waals surface area contributed by atoms with Crippen molar-refractivity contribution in [3.63, 3.8) is 0 Å². The molecule has 0 aromatic heterocycles. The number of aliphatic carboxylic acids is 1. The Hall–Kier alpha value is -2.29. The number of carboxylic acids is 1. The molecule has 3 aliphatic rings. The number of ether oxygens (including phenoxy) is 2. The van der Waals surface area contributed by atoms with E-state index in [9.17, 15) is 22.8 Å². The van der Waals surface area contributed by atoms with Gasteiger partial charge in [-0.3, -0.25) is 4.79 Å². The van der Waals surface area contributed by atoms with Crippen molar-refractivity contribution in [3.8, 4) is 0 Å². The number of hydrogen-bond acceptors (Lipinski definition) is 4. The fourth-order valence-electron chi connectivity index (χ4n) is 3.55. The molecular weight excluding hydrogens is 343 g/mol. The molecule has 2 aliphatic heterocycles. The molecule has 1 aliphatic carbocycles. The first kappa shape index (κ1) is 17.5. The molecule has 3 fully saturated rings. The minimum absolute atomic E-state index is 0.0186. The summed E-state index contributed by atoms with van der Waals surface area (Å²) in [6, 6.07) is 8.88. The van der Waals surface area contributed by atoms with E-state index in [2.05, 4.69) is 5.32 Å². The molecule has 2 heterocycles. The van der Waals surface area contributed by atoms with Gasteiger partial charge in [-0.15, -0.1) is 0 Å². The van der Waals surface area contributed by atoms with Crippen molar-refractivity contribution in [1.82, 2.24) is 5.32 Å². The van der Waals surface area contributed by atoms with Crippen LogP contribution in [0.2, 0.25) is 0 Å². The molecule has 1 unspecified atom stereocenters. The fraction of sp³-hybridized carbons (Fsp3) is 0.500. The first-order chi connectivity index (χ1) is 11.7. The summed E-state index contributed by atoms with van der Waals surface area (Å²) < 4.78 is 49.0. The molecule has 9 heteroatoms. The summed E-state index contributed by atoms with van der Waals surface area (Å²) in [6.07, 6.45) is -8.52. The van der Waals surface area contributed by atoms with E-state index >= 15 is 0 Å². The van der Waals surface area contributed by atoms with Crippen LogP contribution in [0.25, 0.3) is 0 Å². The Morgan fingerprint density at radius 2 is 1.92 bits per heavy atom. The zero-order chi connectivity index (χ0) is 18.3. The number of nitrogens with one attached hydrogen (secondary N) is 1. The maximum Gasteiger partial charge on any atom is 0.415 e. The van der Waals surface area contributed by atoms with Crippen LogP contribution in [0.15, 0.2) is 30.3 Å². The molecule has 1 aromatic carbocycles. The van der Waals surface area contributed by atoms with Crippen molar-refractivity contribution in [2.45, 2.75) is 37.3 Å². The molecule has 2 bridgehead atoms. The Morgan fingerprint density at radius 3 is 2.44 bits per heavy atom. The van der Waals surface area contributed by atoms with Crippen molar-refractivity contribution < 1.29 is 37.3 Å². The lowest BCUT2D eigenvalue weighted by Crippen LogP contribution is -2.56. The second-order valence-corrected chi connectivity index (χ2v) is 6.45. The van der Waals surface area contributed by atoms with Gasteiger partial charge in [0.1, 0.15) is 12.0 Å². The van der Waals surface area contributed by atoms with Crippen molar-refractivity contribution >= 4 is 12.1 Å².